The van der Waals surface area contributed by atoms with Gasteiger partial charge in [0, 0.05) is 13.1 Å². The molecule has 1 aliphatic heterocycles. The van der Waals surface area contributed by atoms with Crippen molar-refractivity contribution in [2.75, 3.05) is 28.2 Å². The molecule has 11 heteroatoms. The van der Waals surface area contributed by atoms with E-state index in [9.17, 15) is 16.8 Å². The number of nitrogens with one attached hydrogen (secondary N) is 1. The molecule has 1 atom stereocenters. The number of rotatable bonds is 5. The van der Waals surface area contributed by atoms with Gasteiger partial charge < -0.3 is 4.90 Å². The van der Waals surface area contributed by atoms with Gasteiger partial charge in [-0.15, -0.1) is 21.5 Å². The first-order chi connectivity index (χ1) is 11.3. The van der Waals surface area contributed by atoms with E-state index in [1.807, 2.05) is 0 Å². The maximum absolute atomic E-state index is 12.1. The molecule has 0 amide bonds. The minimum Gasteiger partial charge on any atom is -0.354 e. The van der Waals surface area contributed by atoms with Crippen LogP contribution in [-0.2, 0) is 19.9 Å². The van der Waals surface area contributed by atoms with E-state index in [-0.39, 0.29) is 27.6 Å². The number of hydrogen-bond donors (Lipinski definition) is 1. The topological polar surface area (TPSA) is 109 Å². The van der Waals surface area contributed by atoms with Crippen LogP contribution >= 0.6 is 11.3 Å². The van der Waals surface area contributed by atoms with E-state index < -0.39 is 19.9 Å². The van der Waals surface area contributed by atoms with Crippen LogP contribution in [0.1, 0.15) is 6.42 Å². The Bertz CT molecular complexity index is 909. The predicted octanol–water partition coefficient (Wildman–Crippen LogP) is 0.962. The molecular weight excluding hydrogens is 372 g/mol. The van der Waals surface area contributed by atoms with E-state index in [4.69, 9.17) is 0 Å². The van der Waals surface area contributed by atoms with Crippen molar-refractivity contribution in [3.8, 4) is 0 Å². The summed E-state index contributed by atoms with van der Waals surface area (Å²) in [4.78, 5) is 1.76. The molecule has 0 bridgehead atoms. The monoisotopic (exact) mass is 388 g/mol. The molecule has 2 aromatic heterocycles. The molecule has 2 aromatic rings. The molecule has 1 fully saturated rings. The molecule has 1 saturated heterocycles. The number of hydrogen-bond acceptors (Lipinski definition) is 8. The molecule has 3 heterocycles. The molecule has 24 heavy (non-hydrogen) atoms. The van der Waals surface area contributed by atoms with E-state index in [1.54, 1.807) is 29.5 Å². The average Bonchev–Trinajstić information content (AvgIpc) is 3.17. The van der Waals surface area contributed by atoms with E-state index in [2.05, 4.69) is 14.9 Å². The minimum atomic E-state index is -3.66. The summed E-state index contributed by atoms with van der Waals surface area (Å²) in [6.07, 6.45) is 0.549. The first-order valence-corrected chi connectivity index (χ1v) is 11.3. The SMILES string of the molecule is CN(c1ccc(NS(=O)(=O)c2cccs2)nn1)C1CCS(=O)(=O)C1. The van der Waals surface area contributed by atoms with E-state index >= 15 is 0 Å². The summed E-state index contributed by atoms with van der Waals surface area (Å²) in [5.74, 6) is 0.877. The van der Waals surface area contributed by atoms with Gasteiger partial charge in [-0.05, 0) is 30.0 Å². The van der Waals surface area contributed by atoms with Crippen molar-refractivity contribution in [3.05, 3.63) is 29.6 Å². The Morgan fingerprint density at radius 2 is 2.08 bits per heavy atom. The van der Waals surface area contributed by atoms with Gasteiger partial charge in [-0.1, -0.05) is 6.07 Å². The van der Waals surface area contributed by atoms with Crippen molar-refractivity contribution < 1.29 is 16.8 Å². The molecule has 1 N–H and O–H groups in total. The van der Waals surface area contributed by atoms with Gasteiger partial charge >= 0.3 is 0 Å². The highest BCUT2D eigenvalue weighted by atomic mass is 32.2. The molecule has 0 radical (unpaired) electrons. The maximum atomic E-state index is 12.1. The zero-order chi connectivity index (χ0) is 17.4. The summed E-state index contributed by atoms with van der Waals surface area (Å²) in [5.41, 5.74) is 0. The number of thiophene rings is 1. The Morgan fingerprint density at radius 1 is 1.29 bits per heavy atom. The normalized spacial score (nSPS) is 20.0. The van der Waals surface area contributed by atoms with Crippen molar-refractivity contribution in [1.82, 2.24) is 10.2 Å². The Hall–Kier alpha value is -1.72. The second-order valence-electron chi connectivity index (χ2n) is 5.48. The largest absolute Gasteiger partial charge is 0.354 e. The Labute approximate surface area is 144 Å². The summed E-state index contributed by atoms with van der Waals surface area (Å²) in [6, 6.07) is 6.14. The van der Waals surface area contributed by atoms with Gasteiger partial charge in [0.15, 0.2) is 21.5 Å². The van der Waals surface area contributed by atoms with Crippen molar-refractivity contribution in [2.24, 2.45) is 0 Å². The van der Waals surface area contributed by atoms with Crippen LogP contribution in [0.5, 0.6) is 0 Å². The molecule has 3 rings (SSSR count). The van der Waals surface area contributed by atoms with E-state index in [0.29, 0.717) is 12.2 Å². The fraction of sp³-hybridized carbons (Fsp3) is 0.385. The molecule has 0 saturated carbocycles. The molecule has 1 aliphatic rings. The molecular formula is C13H16N4O4S3. The van der Waals surface area contributed by atoms with Crippen LogP contribution in [0, 0.1) is 0 Å². The molecule has 0 aromatic carbocycles. The van der Waals surface area contributed by atoms with Crippen LogP contribution in [0.15, 0.2) is 33.9 Å². The smallest absolute Gasteiger partial charge is 0.272 e. The van der Waals surface area contributed by atoms with Crippen molar-refractivity contribution in [1.29, 1.82) is 0 Å². The lowest BCUT2D eigenvalue weighted by atomic mass is 10.2. The summed E-state index contributed by atoms with van der Waals surface area (Å²) >= 11 is 1.11. The first-order valence-electron chi connectivity index (χ1n) is 7.10. The predicted molar refractivity (Wildman–Crippen MR) is 92.6 cm³/mol. The van der Waals surface area contributed by atoms with Gasteiger partial charge in [0.25, 0.3) is 10.0 Å². The molecule has 1 unspecified atom stereocenters. The third-order valence-electron chi connectivity index (χ3n) is 3.77. The van der Waals surface area contributed by atoms with Crippen molar-refractivity contribution >= 4 is 42.8 Å². The number of nitrogens with zero attached hydrogens (tertiary/aromatic N) is 3. The van der Waals surface area contributed by atoms with Crippen LogP contribution in [0.4, 0.5) is 11.6 Å². The summed E-state index contributed by atoms with van der Waals surface area (Å²) in [6.45, 7) is 0. The van der Waals surface area contributed by atoms with Gasteiger partial charge in [-0.25, -0.2) is 16.8 Å². The van der Waals surface area contributed by atoms with Crippen molar-refractivity contribution in [2.45, 2.75) is 16.7 Å². The van der Waals surface area contributed by atoms with E-state index in [1.165, 1.54) is 12.1 Å². The fourth-order valence-corrected chi connectivity index (χ4v) is 6.20. The second kappa shape index (κ2) is 6.30. The van der Waals surface area contributed by atoms with Crippen LogP contribution < -0.4 is 9.62 Å². The third-order valence-corrected chi connectivity index (χ3v) is 8.27. The average molecular weight is 388 g/mol. The van der Waals surface area contributed by atoms with Crippen LogP contribution in [-0.4, -0.2) is 51.6 Å². The molecule has 0 spiro atoms. The summed E-state index contributed by atoms with van der Waals surface area (Å²) < 4.78 is 49.9. The highest BCUT2D eigenvalue weighted by molar-refractivity contribution is 7.94. The Morgan fingerprint density at radius 3 is 2.62 bits per heavy atom. The molecule has 0 aliphatic carbocycles. The highest BCUT2D eigenvalue weighted by Crippen LogP contribution is 2.23. The van der Waals surface area contributed by atoms with Gasteiger partial charge in [0.05, 0.1) is 11.5 Å². The number of sulfone groups is 1. The zero-order valence-electron chi connectivity index (χ0n) is 12.8. The third kappa shape index (κ3) is 3.68. The lowest BCUT2D eigenvalue weighted by molar-refractivity contribution is 0.599. The van der Waals surface area contributed by atoms with Gasteiger partial charge in [0.2, 0.25) is 0 Å². The van der Waals surface area contributed by atoms with Crippen LogP contribution in [0.2, 0.25) is 0 Å². The first kappa shape index (κ1) is 17.1. The lowest BCUT2D eigenvalue weighted by Crippen LogP contribution is -2.33. The fourth-order valence-electron chi connectivity index (χ4n) is 2.44. The number of sulfonamides is 1. The summed E-state index contributed by atoms with van der Waals surface area (Å²) in [5, 5.41) is 9.54. The quantitative estimate of drug-likeness (QED) is 0.812. The standard InChI is InChI=1S/C13H16N4O4S3/c1-17(10-6-8-23(18,19)9-10)12-5-4-11(14-15-12)16-24(20,21)13-3-2-7-22-13/h2-5,7,10H,6,8-9H2,1H3,(H,14,16). The molecule has 130 valence electrons. The van der Waals surface area contributed by atoms with Crippen molar-refractivity contribution in [3.63, 3.8) is 0 Å². The summed E-state index contributed by atoms with van der Waals surface area (Å²) in [7, 11) is -4.89. The van der Waals surface area contributed by atoms with Crippen LogP contribution in [0.3, 0.4) is 0 Å². The lowest BCUT2D eigenvalue weighted by Gasteiger charge is -2.23. The van der Waals surface area contributed by atoms with E-state index in [0.717, 1.165) is 11.3 Å². The maximum Gasteiger partial charge on any atom is 0.272 e. The minimum absolute atomic E-state index is 0.0952. The Balaban J connectivity index is 1.72. The van der Waals surface area contributed by atoms with Gasteiger partial charge in [0.1, 0.15) is 4.21 Å². The number of anilines is 2. The number of aromatic nitrogens is 2. The molecule has 8 nitrogen and oxygen atoms in total. The van der Waals surface area contributed by atoms with Gasteiger partial charge in [-0.2, -0.15) is 0 Å². The Kier molecular flexibility index (Phi) is 4.49. The zero-order valence-corrected chi connectivity index (χ0v) is 15.2. The second-order valence-corrected chi connectivity index (χ2v) is 10.6. The van der Waals surface area contributed by atoms with Crippen LogP contribution in [0.25, 0.3) is 0 Å². The highest BCUT2D eigenvalue weighted by Gasteiger charge is 2.31. The van der Waals surface area contributed by atoms with Gasteiger partial charge in [-0.3, -0.25) is 4.72 Å².